The van der Waals surface area contributed by atoms with Gasteiger partial charge in [-0.2, -0.15) is 15.5 Å². The highest BCUT2D eigenvalue weighted by Crippen LogP contribution is 2.44. The van der Waals surface area contributed by atoms with E-state index in [2.05, 4.69) is 47.5 Å². The number of anilines is 3. The predicted molar refractivity (Wildman–Crippen MR) is 337 cm³/mol. The van der Waals surface area contributed by atoms with Crippen molar-refractivity contribution in [2.45, 2.75) is 25.7 Å². The first kappa shape index (κ1) is 62.3. The van der Waals surface area contributed by atoms with Crippen LogP contribution >= 0.6 is 11.8 Å². The van der Waals surface area contributed by atoms with Crippen LogP contribution in [0.15, 0.2) is 175 Å². The number of nitrogens with one attached hydrogen (secondary N) is 3. The summed E-state index contributed by atoms with van der Waals surface area (Å²) in [6, 6.07) is 41.1. The standard InChI is InChI=1S/C64H62N12O10S/c1-66-45-20-27-50-55(36-45)86-56-37-48(74(2)3)25-28-51(56)62(50)52-35-41(13-26-49(52)64(80)81)63(79)68-31-7-9-61(78)69-42-14-11-40(12-15-42)59(29-30-65)87-34-32-67-60(77)10-8-33-75(4)46-21-16-43(17-22-46)70-72-53-38-58(85-6)54(39-57(53)84-5)73-71-44-18-23-47(24-19-44)76(82)83/h11-29,35-39H,7-10,31-34H2,1-6H3,(H,67,77)(H,68,79)(H,69,78)(H,80,81). The van der Waals surface area contributed by atoms with E-state index in [4.69, 9.17) is 13.9 Å². The maximum atomic E-state index is 13.6. The maximum Gasteiger partial charge on any atom is 0.336 e. The molecule has 444 valence electrons. The van der Waals surface area contributed by atoms with Gasteiger partial charge in [0, 0.05) is 153 Å². The number of nitriles is 1. The van der Waals surface area contributed by atoms with Crippen molar-refractivity contribution in [3.8, 4) is 40.0 Å². The minimum Gasteiger partial charge on any atom is -0.494 e. The van der Waals surface area contributed by atoms with Crippen molar-refractivity contribution in [2.75, 3.05) is 82.9 Å². The Hall–Kier alpha value is -10.7. The number of azo groups is 2. The molecule has 0 spiro atoms. The number of aromatic carboxylic acids is 1. The topological polar surface area (TPSA) is 291 Å². The number of carboxylic acid groups (broad SMARTS) is 1. The quantitative estimate of drug-likeness (QED) is 0.00979. The molecule has 0 atom stereocenters. The highest BCUT2D eigenvalue weighted by Gasteiger charge is 2.24. The lowest BCUT2D eigenvalue weighted by Crippen LogP contribution is -2.27. The average molecular weight is 1190 g/mol. The molecule has 0 saturated heterocycles. The second-order valence-electron chi connectivity index (χ2n) is 19.8. The van der Waals surface area contributed by atoms with Crippen LogP contribution in [-0.4, -0.2) is 102 Å². The van der Waals surface area contributed by atoms with Crippen molar-refractivity contribution in [2.24, 2.45) is 25.4 Å². The fraction of sp³-hybridized carbons (Fsp3) is 0.219. The van der Waals surface area contributed by atoms with Crippen LogP contribution in [-0.2, 0) is 9.59 Å². The predicted octanol–water partition coefficient (Wildman–Crippen LogP) is 13.0. The molecule has 6 aromatic rings. The molecular weight excluding hydrogens is 1130 g/mol. The van der Waals surface area contributed by atoms with Crippen LogP contribution in [0.4, 0.5) is 45.5 Å². The number of carboxylic acids is 1. The van der Waals surface area contributed by atoms with Crippen LogP contribution in [0.1, 0.15) is 52.0 Å². The second-order valence-corrected chi connectivity index (χ2v) is 20.9. The minimum atomic E-state index is -1.15. The first-order valence-electron chi connectivity index (χ1n) is 27.4. The third-order valence-corrected chi connectivity index (χ3v) is 14.8. The van der Waals surface area contributed by atoms with Gasteiger partial charge in [0.1, 0.15) is 34.2 Å². The summed E-state index contributed by atoms with van der Waals surface area (Å²) in [5, 5.41) is 58.1. The highest BCUT2D eigenvalue weighted by molar-refractivity contribution is 8.08. The summed E-state index contributed by atoms with van der Waals surface area (Å²) in [4.78, 5) is 71.5. The number of carbonyl (C=O) groups excluding carboxylic acids is 3. The molecule has 0 aromatic heterocycles. The Morgan fingerprint density at radius 2 is 1.37 bits per heavy atom. The van der Waals surface area contributed by atoms with E-state index in [9.17, 15) is 39.7 Å². The number of nitrogens with zero attached hydrogens (tertiary/aromatic N) is 9. The summed E-state index contributed by atoms with van der Waals surface area (Å²) in [5.74, 6) is -0.175. The molecule has 23 heteroatoms. The molecule has 1 heterocycles. The molecule has 1 aliphatic carbocycles. The Kier molecular flexibility index (Phi) is 21.3. The number of amides is 3. The SMILES string of the molecule is CN=c1ccc2c(-c3cc(C(=O)NCCCC(=O)Nc4ccc(C(=CC#N)SCCNC(=O)CCCN(C)c5ccc(N=Nc6cc(OC)c(N=Nc7ccc([N+](=O)[O-])cc7)cc6OC)cc5)cc4)ccc3C(=O)O)c3ccc(N(C)C)cc3oc-2c1. The minimum absolute atomic E-state index is 0.0145. The molecule has 6 aromatic carbocycles. The molecule has 0 bridgehead atoms. The van der Waals surface area contributed by atoms with Crippen LogP contribution in [0.3, 0.4) is 0 Å². The zero-order valence-electron chi connectivity index (χ0n) is 48.6. The molecule has 22 nitrogen and oxygen atoms in total. The van der Waals surface area contributed by atoms with Crippen LogP contribution < -0.4 is 40.6 Å². The Morgan fingerprint density at radius 1 is 0.724 bits per heavy atom. The molecule has 0 unspecified atom stereocenters. The van der Waals surface area contributed by atoms with E-state index in [1.54, 1.807) is 55.6 Å². The van der Waals surface area contributed by atoms with Gasteiger partial charge in [-0.1, -0.05) is 12.1 Å². The van der Waals surface area contributed by atoms with Gasteiger partial charge in [0.05, 0.1) is 47.5 Å². The van der Waals surface area contributed by atoms with Crippen molar-refractivity contribution >= 4 is 96.8 Å². The Labute approximate surface area is 505 Å². The van der Waals surface area contributed by atoms with Gasteiger partial charge in [-0.05, 0) is 115 Å². The van der Waals surface area contributed by atoms with E-state index < -0.39 is 16.8 Å². The molecule has 8 rings (SSSR count). The number of methoxy groups -OCH3 is 2. The van der Waals surface area contributed by atoms with Crippen molar-refractivity contribution in [3.05, 3.63) is 178 Å². The summed E-state index contributed by atoms with van der Waals surface area (Å²) in [5.41, 5.74) is 7.23. The second kappa shape index (κ2) is 29.7. The van der Waals surface area contributed by atoms with E-state index in [-0.39, 0.29) is 41.6 Å². The van der Waals surface area contributed by atoms with Crippen LogP contribution in [0.25, 0.3) is 38.3 Å². The number of hydrogen-bond acceptors (Lipinski definition) is 18. The van der Waals surface area contributed by atoms with Gasteiger partial charge in [0.15, 0.2) is 0 Å². The number of fused-ring (bicyclic) bond motifs is 2. The van der Waals surface area contributed by atoms with Gasteiger partial charge in [-0.3, -0.25) is 29.5 Å². The van der Waals surface area contributed by atoms with Crippen molar-refractivity contribution in [3.63, 3.8) is 0 Å². The summed E-state index contributed by atoms with van der Waals surface area (Å²) >= 11 is 1.43. The lowest BCUT2D eigenvalue weighted by molar-refractivity contribution is -0.384. The van der Waals surface area contributed by atoms with E-state index in [1.165, 1.54) is 68.5 Å². The largest absolute Gasteiger partial charge is 0.494 e. The van der Waals surface area contributed by atoms with Crippen molar-refractivity contribution < 1.29 is 43.1 Å². The number of nitro groups is 1. The normalized spacial score (nSPS) is 11.6. The number of thioether (sulfide) groups is 1. The Balaban J connectivity index is 0.754. The molecule has 1 aliphatic heterocycles. The monoisotopic (exact) mass is 1190 g/mol. The highest BCUT2D eigenvalue weighted by atomic mass is 32.2. The summed E-state index contributed by atoms with van der Waals surface area (Å²) in [7, 11) is 10.4. The number of rotatable bonds is 26. The van der Waals surface area contributed by atoms with E-state index in [1.807, 2.05) is 85.5 Å². The van der Waals surface area contributed by atoms with Gasteiger partial charge in [-0.15, -0.1) is 22.0 Å². The first-order chi connectivity index (χ1) is 42.0. The van der Waals surface area contributed by atoms with Crippen LogP contribution in [0.5, 0.6) is 11.5 Å². The van der Waals surface area contributed by atoms with Gasteiger partial charge in [-0.25, -0.2) is 4.79 Å². The van der Waals surface area contributed by atoms with Gasteiger partial charge in [0.25, 0.3) is 11.6 Å². The average Bonchev–Trinajstić information content (AvgIpc) is 0.886. The molecular formula is C64H62N12O10S. The number of benzene rings is 7. The first-order valence-corrected chi connectivity index (χ1v) is 28.4. The maximum absolute atomic E-state index is 13.6. The number of ether oxygens (including phenoxy) is 2. The van der Waals surface area contributed by atoms with Gasteiger partial charge in [0.2, 0.25) is 11.8 Å². The van der Waals surface area contributed by atoms with E-state index in [0.717, 1.165) is 16.9 Å². The number of hydrogen-bond donors (Lipinski definition) is 4. The molecule has 87 heavy (non-hydrogen) atoms. The van der Waals surface area contributed by atoms with Crippen LogP contribution in [0, 0.1) is 21.4 Å². The number of carbonyl (C=O) groups is 4. The third-order valence-electron chi connectivity index (χ3n) is 13.7. The summed E-state index contributed by atoms with van der Waals surface area (Å²) < 4.78 is 17.4. The Bertz CT molecular complexity index is 4010. The molecule has 4 N–H and O–H groups in total. The van der Waals surface area contributed by atoms with Crippen molar-refractivity contribution in [1.82, 2.24) is 10.6 Å². The van der Waals surface area contributed by atoms with Crippen molar-refractivity contribution in [1.29, 1.82) is 5.26 Å². The number of nitro benzene ring substituents is 1. The molecule has 2 aliphatic rings. The lowest BCUT2D eigenvalue weighted by atomic mass is 9.89. The van der Waals surface area contributed by atoms with Gasteiger partial charge < -0.3 is 44.7 Å². The van der Waals surface area contributed by atoms with E-state index in [0.29, 0.717) is 122 Å². The van der Waals surface area contributed by atoms with Gasteiger partial charge >= 0.3 is 5.97 Å². The molecule has 3 amide bonds. The van der Waals surface area contributed by atoms with Crippen LogP contribution in [0.2, 0.25) is 0 Å². The lowest BCUT2D eigenvalue weighted by Gasteiger charge is -2.19. The number of non-ortho nitro benzene ring substituents is 1. The number of allylic oxidation sites excluding steroid dienone is 1. The third kappa shape index (κ3) is 16.3. The fourth-order valence-corrected chi connectivity index (χ4v) is 9.98. The Morgan fingerprint density at radius 3 is 1.99 bits per heavy atom. The zero-order valence-corrected chi connectivity index (χ0v) is 49.4. The fourth-order valence-electron chi connectivity index (χ4n) is 9.12. The summed E-state index contributed by atoms with van der Waals surface area (Å²) in [6.45, 7) is 1.19. The molecule has 0 radical (unpaired) electrons. The molecule has 0 saturated carbocycles. The zero-order chi connectivity index (χ0) is 62.0. The summed E-state index contributed by atoms with van der Waals surface area (Å²) in [6.07, 6.45) is 2.81. The smallest absolute Gasteiger partial charge is 0.336 e. The molecule has 0 fully saturated rings. The van der Waals surface area contributed by atoms with E-state index >= 15 is 0 Å².